The fourth-order valence-corrected chi connectivity index (χ4v) is 5.99. The minimum Gasteiger partial charge on any atom is -0.443 e. The molecule has 3 aromatic heterocycles. The second-order valence-corrected chi connectivity index (χ2v) is 10.5. The molecule has 0 aliphatic carbocycles. The molecular weight excluding hydrogens is 509 g/mol. The van der Waals surface area contributed by atoms with E-state index in [1.54, 1.807) is 36.4 Å². The Hall–Kier alpha value is -3.64. The number of fused-ring (bicyclic) bond motifs is 1. The van der Waals surface area contributed by atoms with Crippen molar-refractivity contribution < 1.29 is 30.8 Å². The number of pyridine rings is 1. The van der Waals surface area contributed by atoms with Crippen LogP contribution in [0.2, 0.25) is 0 Å². The molecule has 1 aliphatic rings. The highest BCUT2D eigenvalue weighted by molar-refractivity contribution is 7.89. The third kappa shape index (κ3) is 5.12. The average Bonchev–Trinajstić information content (AvgIpc) is 3.55. The molecule has 5 rings (SSSR count). The first kappa shape index (κ1) is 25.0. The van der Waals surface area contributed by atoms with Crippen molar-refractivity contribution in [2.24, 2.45) is 0 Å². The molecule has 1 atom stereocenters. The summed E-state index contributed by atoms with van der Waals surface area (Å²) in [5.74, 6) is -0.237. The van der Waals surface area contributed by atoms with Gasteiger partial charge in [-0.2, -0.15) is 17.5 Å². The number of alkyl halides is 3. The van der Waals surface area contributed by atoms with Gasteiger partial charge in [0.2, 0.25) is 5.09 Å². The Morgan fingerprint density at radius 2 is 1.89 bits per heavy atom. The summed E-state index contributed by atoms with van der Waals surface area (Å²) in [5, 5.41) is 0.465. The largest absolute Gasteiger partial charge is 0.443 e. The second-order valence-electron chi connectivity index (χ2n) is 8.66. The van der Waals surface area contributed by atoms with E-state index in [4.69, 9.17) is 4.42 Å². The number of ketones is 1. The zero-order chi connectivity index (χ0) is 26.2. The van der Waals surface area contributed by atoms with Crippen LogP contribution < -0.4 is 0 Å². The molecule has 4 aromatic rings. The van der Waals surface area contributed by atoms with Crippen molar-refractivity contribution in [3.05, 3.63) is 72.4 Å². The molecule has 0 spiro atoms. The first-order valence-corrected chi connectivity index (χ1v) is 12.9. The number of nitrogens with zero attached hydrogens (tertiary/aromatic N) is 4. The number of Topliss-reactive ketones (excluding diaryl/α,β-unsaturated/α-hetero) is 1. The molecule has 0 unspecified atom stereocenters. The molecule has 4 heterocycles. The van der Waals surface area contributed by atoms with Crippen LogP contribution in [-0.2, 0) is 27.4 Å². The number of carbonyl (C=O) groups excluding carboxylic acids is 1. The van der Waals surface area contributed by atoms with Crippen molar-refractivity contribution in [1.29, 1.82) is 0 Å². The monoisotopic (exact) mass is 530 g/mol. The van der Waals surface area contributed by atoms with Gasteiger partial charge in [0, 0.05) is 41.9 Å². The van der Waals surface area contributed by atoms with Crippen LogP contribution in [-0.4, -0.2) is 46.0 Å². The van der Waals surface area contributed by atoms with Crippen molar-refractivity contribution in [2.45, 2.75) is 43.0 Å². The molecule has 0 radical (unpaired) electrons. The lowest BCUT2D eigenvalue weighted by molar-refractivity contribution is -0.141. The van der Waals surface area contributed by atoms with E-state index < -0.39 is 27.9 Å². The second kappa shape index (κ2) is 9.67. The Balaban J connectivity index is 1.28. The number of aromatic nitrogens is 3. The summed E-state index contributed by atoms with van der Waals surface area (Å²) in [4.78, 5) is 24.6. The summed E-state index contributed by atoms with van der Waals surface area (Å²) in [7, 11) is -4.00. The molecule has 8 nitrogen and oxygen atoms in total. The lowest BCUT2D eigenvalue weighted by atomic mass is 10.0. The van der Waals surface area contributed by atoms with Gasteiger partial charge in [0.05, 0.1) is 24.1 Å². The van der Waals surface area contributed by atoms with Gasteiger partial charge in [0.25, 0.3) is 10.0 Å². The lowest BCUT2D eigenvalue weighted by Gasteiger charge is -2.21. The molecule has 1 saturated heterocycles. The van der Waals surface area contributed by atoms with Gasteiger partial charge in [-0.15, -0.1) is 0 Å². The van der Waals surface area contributed by atoms with E-state index in [9.17, 15) is 26.4 Å². The minimum atomic E-state index is -4.58. The molecular formula is C25H21F3N4O4S. The van der Waals surface area contributed by atoms with Gasteiger partial charge in [-0.1, -0.05) is 18.2 Å². The Morgan fingerprint density at radius 3 is 2.62 bits per heavy atom. The van der Waals surface area contributed by atoms with Gasteiger partial charge in [-0.25, -0.2) is 13.4 Å². The summed E-state index contributed by atoms with van der Waals surface area (Å²) in [6.45, 7) is 0.218. The quantitative estimate of drug-likeness (QED) is 0.342. The van der Waals surface area contributed by atoms with Crippen molar-refractivity contribution in [1.82, 2.24) is 19.3 Å². The Morgan fingerprint density at radius 1 is 1.08 bits per heavy atom. The molecule has 1 fully saturated rings. The van der Waals surface area contributed by atoms with Crippen LogP contribution >= 0.6 is 0 Å². The summed E-state index contributed by atoms with van der Waals surface area (Å²) in [6.07, 6.45) is -0.170. The summed E-state index contributed by atoms with van der Waals surface area (Å²) in [6, 6.07) is 10.8. The van der Waals surface area contributed by atoms with Crippen molar-refractivity contribution in [3.8, 4) is 11.3 Å². The number of halogens is 3. The molecule has 0 amide bonds. The van der Waals surface area contributed by atoms with E-state index in [2.05, 4.69) is 15.0 Å². The van der Waals surface area contributed by atoms with Crippen LogP contribution in [0.1, 0.15) is 30.7 Å². The van der Waals surface area contributed by atoms with Crippen LogP contribution in [0.5, 0.6) is 0 Å². The number of benzene rings is 1. The molecule has 0 bridgehead atoms. The third-order valence-corrected chi connectivity index (χ3v) is 7.99. The Labute approximate surface area is 210 Å². The van der Waals surface area contributed by atoms with Gasteiger partial charge in [0.1, 0.15) is 5.58 Å². The molecule has 1 aromatic carbocycles. The Bertz CT molecular complexity index is 1520. The number of rotatable bonds is 7. The van der Waals surface area contributed by atoms with Crippen LogP contribution in [0.3, 0.4) is 0 Å². The van der Waals surface area contributed by atoms with Crippen LogP contribution in [0.25, 0.3) is 22.2 Å². The zero-order valence-corrected chi connectivity index (χ0v) is 20.2. The molecule has 0 saturated carbocycles. The number of sulfonamides is 1. The maximum atomic E-state index is 13.3. The SMILES string of the molecule is O=C(CCc1cc(-c2cnc(C(F)(F)F)cn2)ccn1)[C@@H]1CCCN1S(=O)(=O)c1cc2ccccc2o1. The molecule has 1 aliphatic heterocycles. The van der Waals surface area contributed by atoms with Gasteiger partial charge in [0.15, 0.2) is 11.5 Å². The first-order valence-electron chi connectivity index (χ1n) is 11.5. The summed E-state index contributed by atoms with van der Waals surface area (Å²) in [5.41, 5.74) is 0.634. The maximum Gasteiger partial charge on any atom is 0.434 e. The predicted octanol–water partition coefficient (Wildman–Crippen LogP) is 4.66. The van der Waals surface area contributed by atoms with Gasteiger partial charge < -0.3 is 4.42 Å². The first-order chi connectivity index (χ1) is 17.6. The predicted molar refractivity (Wildman–Crippen MR) is 127 cm³/mol. The molecule has 0 N–H and O–H groups in total. The summed E-state index contributed by atoms with van der Waals surface area (Å²) >= 11 is 0. The van der Waals surface area contributed by atoms with Crippen molar-refractivity contribution in [3.63, 3.8) is 0 Å². The number of aryl methyl sites for hydroxylation is 1. The fraction of sp³-hybridized carbons (Fsp3) is 0.280. The van der Waals surface area contributed by atoms with Crippen LogP contribution in [0.15, 0.2) is 70.6 Å². The average molecular weight is 531 g/mol. The van der Waals surface area contributed by atoms with Gasteiger partial charge in [-0.05, 0) is 37.5 Å². The van der Waals surface area contributed by atoms with Crippen molar-refractivity contribution >= 4 is 26.8 Å². The molecule has 37 heavy (non-hydrogen) atoms. The minimum absolute atomic E-state index is 0.0476. The molecule has 12 heteroatoms. The Kier molecular flexibility index (Phi) is 6.54. The highest BCUT2D eigenvalue weighted by Crippen LogP contribution is 2.31. The number of carbonyl (C=O) groups is 1. The fourth-order valence-electron chi connectivity index (χ4n) is 4.37. The molecule has 192 valence electrons. The van der Waals surface area contributed by atoms with Crippen LogP contribution in [0, 0.1) is 0 Å². The maximum absolute atomic E-state index is 13.3. The number of para-hydroxylation sites is 1. The normalized spacial score (nSPS) is 16.9. The van der Waals surface area contributed by atoms with E-state index in [0.717, 1.165) is 6.20 Å². The summed E-state index contributed by atoms with van der Waals surface area (Å²) < 4.78 is 71.5. The number of hydrogen-bond acceptors (Lipinski definition) is 7. The number of furan rings is 1. The highest BCUT2D eigenvalue weighted by Gasteiger charge is 2.40. The lowest BCUT2D eigenvalue weighted by Crippen LogP contribution is -2.40. The van der Waals surface area contributed by atoms with Gasteiger partial charge in [-0.3, -0.25) is 14.8 Å². The topological polar surface area (TPSA) is 106 Å². The standard InChI is InChI=1S/C25H21F3N4O4S/c26-25(27,28)23-15-30-19(14-31-23)16-9-10-29-18(12-16)7-8-21(33)20-5-3-11-32(20)37(34,35)24-13-17-4-1-2-6-22(17)36-24/h1-2,4,6,9-10,12-15,20H,3,5,7-8,11H2/t20-/m0/s1. The van der Waals surface area contributed by atoms with E-state index in [0.29, 0.717) is 41.3 Å². The number of hydrogen-bond donors (Lipinski definition) is 0. The zero-order valence-electron chi connectivity index (χ0n) is 19.4. The van der Waals surface area contributed by atoms with Crippen molar-refractivity contribution in [2.75, 3.05) is 6.54 Å². The van der Waals surface area contributed by atoms with E-state index >= 15 is 0 Å². The van der Waals surface area contributed by atoms with E-state index in [1.807, 2.05) is 0 Å². The van der Waals surface area contributed by atoms with E-state index in [1.165, 1.54) is 16.6 Å². The third-order valence-electron chi connectivity index (χ3n) is 6.22. The smallest absolute Gasteiger partial charge is 0.434 e. The van der Waals surface area contributed by atoms with E-state index in [-0.39, 0.29) is 36.0 Å². The van der Waals surface area contributed by atoms with Gasteiger partial charge >= 0.3 is 6.18 Å². The van der Waals surface area contributed by atoms with Crippen LogP contribution in [0.4, 0.5) is 13.2 Å². The highest BCUT2D eigenvalue weighted by atomic mass is 32.2.